The van der Waals surface area contributed by atoms with Gasteiger partial charge in [-0.2, -0.15) is 0 Å². The standard InChI is InChI=1S/C5H7Cl3O/c1-2-3(4(6)7)5(8)9/h3-4H,2H2,1H3. The zero-order valence-electron chi connectivity index (χ0n) is 4.90. The smallest absolute Gasteiger partial charge is 0.227 e. The van der Waals surface area contributed by atoms with Gasteiger partial charge in [-0.25, -0.2) is 0 Å². The van der Waals surface area contributed by atoms with E-state index in [1.807, 2.05) is 6.92 Å². The molecule has 0 aliphatic heterocycles. The molecule has 0 rings (SSSR count). The topological polar surface area (TPSA) is 17.1 Å². The highest BCUT2D eigenvalue weighted by molar-refractivity contribution is 6.65. The second kappa shape index (κ2) is 4.37. The van der Waals surface area contributed by atoms with Gasteiger partial charge in [0.15, 0.2) is 0 Å². The molecular weight excluding hydrogens is 182 g/mol. The lowest BCUT2D eigenvalue weighted by Crippen LogP contribution is -2.14. The van der Waals surface area contributed by atoms with Gasteiger partial charge in [-0.05, 0) is 18.0 Å². The number of hydrogen-bond acceptors (Lipinski definition) is 1. The van der Waals surface area contributed by atoms with Gasteiger partial charge < -0.3 is 0 Å². The summed E-state index contributed by atoms with van der Waals surface area (Å²) in [6.07, 6.45) is 0.583. The van der Waals surface area contributed by atoms with Crippen molar-refractivity contribution in [3.63, 3.8) is 0 Å². The molecule has 0 saturated heterocycles. The van der Waals surface area contributed by atoms with E-state index >= 15 is 0 Å². The fraction of sp³-hybridized carbons (Fsp3) is 0.800. The SMILES string of the molecule is CCC(C(=O)Cl)C(Cl)Cl. The van der Waals surface area contributed by atoms with E-state index in [1.165, 1.54) is 0 Å². The van der Waals surface area contributed by atoms with Crippen LogP contribution in [0.1, 0.15) is 13.3 Å². The Labute approximate surface area is 69.3 Å². The van der Waals surface area contributed by atoms with Crippen molar-refractivity contribution >= 4 is 40.0 Å². The summed E-state index contributed by atoms with van der Waals surface area (Å²) < 4.78 is 0. The van der Waals surface area contributed by atoms with Crippen LogP contribution in [0.15, 0.2) is 0 Å². The summed E-state index contributed by atoms with van der Waals surface area (Å²) in [7, 11) is 0. The molecule has 1 nitrogen and oxygen atoms in total. The van der Waals surface area contributed by atoms with Crippen LogP contribution in [0.3, 0.4) is 0 Å². The highest BCUT2D eigenvalue weighted by Gasteiger charge is 2.20. The Morgan fingerprint density at radius 1 is 1.56 bits per heavy atom. The van der Waals surface area contributed by atoms with E-state index in [1.54, 1.807) is 0 Å². The fourth-order valence-corrected chi connectivity index (χ4v) is 1.43. The molecule has 9 heavy (non-hydrogen) atoms. The van der Waals surface area contributed by atoms with Crippen molar-refractivity contribution in [2.45, 2.75) is 18.2 Å². The maximum Gasteiger partial charge on any atom is 0.227 e. The number of hydrogen-bond donors (Lipinski definition) is 0. The molecule has 4 heteroatoms. The van der Waals surface area contributed by atoms with Gasteiger partial charge in [0.05, 0.1) is 5.92 Å². The fourth-order valence-electron chi connectivity index (χ4n) is 0.438. The molecule has 0 amide bonds. The predicted octanol–water partition coefficient (Wildman–Crippen LogP) is 2.58. The minimum atomic E-state index is -0.681. The zero-order valence-corrected chi connectivity index (χ0v) is 7.17. The van der Waals surface area contributed by atoms with Gasteiger partial charge in [0.25, 0.3) is 0 Å². The maximum absolute atomic E-state index is 10.4. The van der Waals surface area contributed by atoms with E-state index in [2.05, 4.69) is 0 Å². The molecule has 0 aliphatic carbocycles. The summed E-state index contributed by atoms with van der Waals surface area (Å²) >= 11 is 15.9. The summed E-state index contributed by atoms with van der Waals surface area (Å²) in [5, 5.41) is -0.465. The summed E-state index contributed by atoms with van der Waals surface area (Å²) in [5.74, 6) is -0.421. The lowest BCUT2D eigenvalue weighted by molar-refractivity contribution is -0.114. The van der Waals surface area contributed by atoms with Crippen molar-refractivity contribution in [3.8, 4) is 0 Å². The molecule has 0 aliphatic rings. The van der Waals surface area contributed by atoms with E-state index in [9.17, 15) is 4.79 Å². The molecular formula is C5H7Cl3O. The van der Waals surface area contributed by atoms with Crippen molar-refractivity contribution < 1.29 is 4.79 Å². The molecule has 1 atom stereocenters. The summed E-state index contributed by atoms with van der Waals surface area (Å²) in [6.45, 7) is 1.81. The quantitative estimate of drug-likeness (QED) is 0.493. The van der Waals surface area contributed by atoms with E-state index in [4.69, 9.17) is 34.8 Å². The monoisotopic (exact) mass is 188 g/mol. The highest BCUT2D eigenvalue weighted by Crippen LogP contribution is 2.20. The Kier molecular flexibility index (Phi) is 4.63. The molecule has 0 aromatic rings. The molecule has 0 N–H and O–H groups in total. The summed E-state index contributed by atoms with van der Waals surface area (Å²) in [4.78, 5) is 9.73. The van der Waals surface area contributed by atoms with Crippen LogP contribution in [-0.2, 0) is 4.79 Å². The number of rotatable bonds is 3. The normalized spacial score (nSPS) is 13.9. The van der Waals surface area contributed by atoms with E-state index in [-0.39, 0.29) is 0 Å². The third-order valence-electron chi connectivity index (χ3n) is 1.04. The number of carbonyl (C=O) groups excluding carboxylic acids is 1. The van der Waals surface area contributed by atoms with Gasteiger partial charge in [0.2, 0.25) is 5.24 Å². The molecule has 0 spiro atoms. The molecule has 54 valence electrons. The highest BCUT2D eigenvalue weighted by atomic mass is 35.5. The van der Waals surface area contributed by atoms with Crippen molar-refractivity contribution in [2.24, 2.45) is 5.92 Å². The predicted molar refractivity (Wildman–Crippen MR) is 40.1 cm³/mol. The third-order valence-corrected chi connectivity index (χ3v) is 1.92. The Hall–Kier alpha value is 0.540. The van der Waals surface area contributed by atoms with Gasteiger partial charge in [-0.1, -0.05) is 6.92 Å². The van der Waals surface area contributed by atoms with Crippen LogP contribution in [0.25, 0.3) is 0 Å². The first-order chi connectivity index (χ1) is 4.09. The summed E-state index contributed by atoms with van der Waals surface area (Å²) in [6, 6.07) is 0. The minimum Gasteiger partial charge on any atom is -0.281 e. The van der Waals surface area contributed by atoms with Crippen LogP contribution in [0.5, 0.6) is 0 Å². The molecule has 0 aromatic heterocycles. The van der Waals surface area contributed by atoms with E-state index in [0.717, 1.165) is 0 Å². The van der Waals surface area contributed by atoms with Crippen molar-refractivity contribution in [1.82, 2.24) is 0 Å². The van der Waals surface area contributed by atoms with Crippen LogP contribution >= 0.6 is 34.8 Å². The van der Waals surface area contributed by atoms with Crippen LogP contribution in [0.2, 0.25) is 0 Å². The van der Waals surface area contributed by atoms with Crippen molar-refractivity contribution in [1.29, 1.82) is 0 Å². The largest absolute Gasteiger partial charge is 0.281 e. The third kappa shape index (κ3) is 3.29. The number of alkyl halides is 2. The average Bonchev–Trinajstić information content (AvgIpc) is 1.64. The molecule has 0 radical (unpaired) electrons. The summed E-state index contributed by atoms with van der Waals surface area (Å²) in [5.41, 5.74) is 0. The van der Waals surface area contributed by atoms with Gasteiger partial charge >= 0.3 is 0 Å². The minimum absolute atomic E-state index is 0.421. The Balaban J connectivity index is 3.83. The van der Waals surface area contributed by atoms with Crippen molar-refractivity contribution in [3.05, 3.63) is 0 Å². The van der Waals surface area contributed by atoms with Gasteiger partial charge in [0, 0.05) is 0 Å². The Bertz CT molecular complexity index is 102. The van der Waals surface area contributed by atoms with Crippen LogP contribution in [0, 0.1) is 5.92 Å². The molecule has 0 fully saturated rings. The van der Waals surface area contributed by atoms with Gasteiger partial charge in [-0.3, -0.25) is 4.79 Å². The lowest BCUT2D eigenvalue weighted by Gasteiger charge is -2.08. The van der Waals surface area contributed by atoms with Crippen molar-refractivity contribution in [2.75, 3.05) is 0 Å². The molecule has 0 heterocycles. The van der Waals surface area contributed by atoms with Crippen LogP contribution in [-0.4, -0.2) is 10.1 Å². The van der Waals surface area contributed by atoms with Crippen LogP contribution in [0.4, 0.5) is 0 Å². The van der Waals surface area contributed by atoms with E-state index in [0.29, 0.717) is 6.42 Å². The first kappa shape index (κ1) is 9.54. The van der Waals surface area contributed by atoms with Gasteiger partial charge in [-0.15, -0.1) is 23.2 Å². The Morgan fingerprint density at radius 3 is 2.00 bits per heavy atom. The maximum atomic E-state index is 10.4. The zero-order chi connectivity index (χ0) is 7.44. The average molecular weight is 189 g/mol. The lowest BCUT2D eigenvalue weighted by atomic mass is 10.1. The second-order valence-corrected chi connectivity index (χ2v) is 3.19. The Morgan fingerprint density at radius 2 is 2.00 bits per heavy atom. The van der Waals surface area contributed by atoms with E-state index < -0.39 is 16.0 Å². The number of carbonyl (C=O) groups is 1. The molecule has 0 saturated carbocycles. The first-order valence-electron chi connectivity index (χ1n) is 2.57. The van der Waals surface area contributed by atoms with Crippen LogP contribution < -0.4 is 0 Å². The number of halogens is 3. The second-order valence-electron chi connectivity index (χ2n) is 1.65. The molecule has 0 aromatic carbocycles. The van der Waals surface area contributed by atoms with Gasteiger partial charge in [0.1, 0.15) is 4.84 Å². The first-order valence-corrected chi connectivity index (χ1v) is 3.82. The molecule has 1 unspecified atom stereocenters. The molecule has 0 bridgehead atoms.